The molecule has 0 aromatic heterocycles. The molecule has 1 aliphatic heterocycles. The maximum absolute atomic E-state index is 6.14. The molecule has 0 spiro atoms. The zero-order valence-corrected chi connectivity index (χ0v) is 13.1. The summed E-state index contributed by atoms with van der Waals surface area (Å²) in [5.41, 5.74) is 2.63. The highest BCUT2D eigenvalue weighted by Crippen LogP contribution is 2.23. The second kappa shape index (κ2) is 7.65. The molecule has 0 amide bonds. The van der Waals surface area contributed by atoms with Crippen molar-refractivity contribution in [3.05, 3.63) is 29.8 Å². The van der Waals surface area contributed by atoms with Crippen molar-refractivity contribution in [1.29, 1.82) is 0 Å². The number of anilines is 1. The van der Waals surface area contributed by atoms with Crippen LogP contribution in [-0.4, -0.2) is 38.4 Å². The van der Waals surface area contributed by atoms with Gasteiger partial charge in [-0.2, -0.15) is 0 Å². The van der Waals surface area contributed by atoms with E-state index in [2.05, 4.69) is 55.3 Å². The largest absolute Gasteiger partial charge is 0.372 e. The fourth-order valence-corrected chi connectivity index (χ4v) is 2.86. The average molecular weight is 276 g/mol. The molecule has 2 atom stereocenters. The van der Waals surface area contributed by atoms with E-state index in [0.717, 1.165) is 26.2 Å². The Balaban J connectivity index is 1.88. The van der Waals surface area contributed by atoms with E-state index in [-0.39, 0.29) is 0 Å². The van der Waals surface area contributed by atoms with E-state index in [9.17, 15) is 0 Å². The quantitative estimate of drug-likeness (QED) is 0.828. The molecule has 2 unspecified atom stereocenters. The van der Waals surface area contributed by atoms with Crippen molar-refractivity contribution >= 4 is 5.69 Å². The molecule has 3 nitrogen and oxygen atoms in total. The number of nitrogens with one attached hydrogen (secondary N) is 1. The van der Waals surface area contributed by atoms with Gasteiger partial charge in [0.2, 0.25) is 0 Å². The minimum Gasteiger partial charge on any atom is -0.372 e. The molecule has 0 aliphatic carbocycles. The first-order chi connectivity index (χ1) is 9.72. The van der Waals surface area contributed by atoms with Crippen LogP contribution in [0.4, 0.5) is 5.69 Å². The van der Waals surface area contributed by atoms with Gasteiger partial charge in [-0.1, -0.05) is 19.1 Å². The van der Waals surface area contributed by atoms with Crippen LogP contribution in [-0.2, 0) is 4.74 Å². The van der Waals surface area contributed by atoms with E-state index in [0.29, 0.717) is 12.2 Å². The zero-order chi connectivity index (χ0) is 14.4. The van der Waals surface area contributed by atoms with Crippen LogP contribution in [0, 0.1) is 6.92 Å². The lowest BCUT2D eigenvalue weighted by Crippen LogP contribution is -2.34. The van der Waals surface area contributed by atoms with Gasteiger partial charge < -0.3 is 15.0 Å². The van der Waals surface area contributed by atoms with Crippen LogP contribution in [0.25, 0.3) is 0 Å². The van der Waals surface area contributed by atoms with Crippen molar-refractivity contribution in [2.45, 2.75) is 45.8 Å². The van der Waals surface area contributed by atoms with Crippen molar-refractivity contribution in [2.24, 2.45) is 0 Å². The molecule has 0 radical (unpaired) electrons. The number of nitrogens with zero attached hydrogens (tertiary/aromatic N) is 1. The first kappa shape index (κ1) is 15.3. The number of benzene rings is 1. The van der Waals surface area contributed by atoms with Crippen LogP contribution in [0.2, 0.25) is 0 Å². The first-order valence-electron chi connectivity index (χ1n) is 7.90. The Labute approximate surface area is 123 Å². The second-order valence-electron chi connectivity index (χ2n) is 5.64. The lowest BCUT2D eigenvalue weighted by atomic mass is 10.1. The normalized spacial score (nSPS) is 22.1. The molecule has 0 bridgehead atoms. The Hall–Kier alpha value is -1.06. The van der Waals surface area contributed by atoms with E-state index in [1.165, 1.54) is 24.1 Å². The fourth-order valence-electron chi connectivity index (χ4n) is 2.86. The SMILES string of the molecule is CCNCC1CCC(CN(CC)c2cccc(C)c2)O1. The summed E-state index contributed by atoms with van der Waals surface area (Å²) in [7, 11) is 0. The third-order valence-electron chi connectivity index (χ3n) is 3.99. The predicted molar refractivity (Wildman–Crippen MR) is 85.5 cm³/mol. The Morgan fingerprint density at radius 2 is 2.05 bits per heavy atom. The standard InChI is InChI=1S/C17H28N2O/c1-4-18-12-16-9-10-17(20-16)13-19(5-2)15-8-6-7-14(3)11-15/h6-8,11,16-18H,4-5,9-10,12-13H2,1-3H3. The molecule has 1 aliphatic rings. The maximum Gasteiger partial charge on any atom is 0.0755 e. The maximum atomic E-state index is 6.14. The molecule has 1 heterocycles. The van der Waals surface area contributed by atoms with Gasteiger partial charge in [0.1, 0.15) is 0 Å². The Kier molecular flexibility index (Phi) is 5.86. The number of likely N-dealkylation sites (N-methyl/N-ethyl adjacent to an activating group) is 2. The van der Waals surface area contributed by atoms with Crippen molar-refractivity contribution in [3.63, 3.8) is 0 Å². The summed E-state index contributed by atoms with van der Waals surface area (Å²) >= 11 is 0. The third-order valence-corrected chi connectivity index (χ3v) is 3.99. The highest BCUT2D eigenvalue weighted by molar-refractivity contribution is 5.48. The second-order valence-corrected chi connectivity index (χ2v) is 5.64. The summed E-state index contributed by atoms with van der Waals surface area (Å²) in [5, 5.41) is 3.38. The van der Waals surface area contributed by atoms with Gasteiger partial charge >= 0.3 is 0 Å². The number of hydrogen-bond acceptors (Lipinski definition) is 3. The number of aryl methyl sites for hydroxylation is 1. The number of hydrogen-bond donors (Lipinski definition) is 1. The van der Waals surface area contributed by atoms with Crippen molar-refractivity contribution < 1.29 is 4.74 Å². The molecule has 20 heavy (non-hydrogen) atoms. The topological polar surface area (TPSA) is 24.5 Å². The van der Waals surface area contributed by atoms with Gasteiger partial charge in [-0.05, 0) is 50.9 Å². The number of rotatable bonds is 7. The van der Waals surface area contributed by atoms with Crippen LogP contribution in [0.1, 0.15) is 32.3 Å². The molecular weight excluding hydrogens is 248 g/mol. The molecule has 3 heteroatoms. The molecule has 0 saturated carbocycles. The van der Waals surface area contributed by atoms with Gasteiger partial charge in [-0.15, -0.1) is 0 Å². The molecule has 1 saturated heterocycles. The van der Waals surface area contributed by atoms with Crippen molar-refractivity contribution in [2.75, 3.05) is 31.1 Å². The molecule has 1 aromatic rings. The van der Waals surface area contributed by atoms with Gasteiger partial charge in [0.25, 0.3) is 0 Å². The van der Waals surface area contributed by atoms with Crippen LogP contribution in [0.15, 0.2) is 24.3 Å². The van der Waals surface area contributed by atoms with Gasteiger partial charge in [-0.3, -0.25) is 0 Å². The van der Waals surface area contributed by atoms with E-state index < -0.39 is 0 Å². The minimum absolute atomic E-state index is 0.374. The minimum atomic E-state index is 0.374. The highest BCUT2D eigenvalue weighted by Gasteiger charge is 2.26. The van der Waals surface area contributed by atoms with Crippen LogP contribution >= 0.6 is 0 Å². The van der Waals surface area contributed by atoms with E-state index >= 15 is 0 Å². The smallest absolute Gasteiger partial charge is 0.0755 e. The summed E-state index contributed by atoms with van der Waals surface area (Å²) in [4.78, 5) is 2.42. The summed E-state index contributed by atoms with van der Waals surface area (Å²) in [6.07, 6.45) is 3.14. The summed E-state index contributed by atoms with van der Waals surface area (Å²) in [5.74, 6) is 0. The summed E-state index contributed by atoms with van der Waals surface area (Å²) in [6, 6.07) is 8.74. The van der Waals surface area contributed by atoms with Crippen LogP contribution < -0.4 is 10.2 Å². The Bertz CT molecular complexity index is 408. The molecule has 1 fully saturated rings. The molecular formula is C17H28N2O. The Morgan fingerprint density at radius 1 is 1.25 bits per heavy atom. The van der Waals surface area contributed by atoms with Crippen molar-refractivity contribution in [1.82, 2.24) is 5.32 Å². The molecule has 112 valence electrons. The Morgan fingerprint density at radius 3 is 2.75 bits per heavy atom. The van der Waals surface area contributed by atoms with E-state index in [4.69, 9.17) is 4.74 Å². The average Bonchev–Trinajstić information content (AvgIpc) is 2.90. The zero-order valence-electron chi connectivity index (χ0n) is 13.1. The highest BCUT2D eigenvalue weighted by atomic mass is 16.5. The molecule has 2 rings (SSSR count). The van der Waals surface area contributed by atoms with Gasteiger partial charge in [0.05, 0.1) is 12.2 Å². The van der Waals surface area contributed by atoms with E-state index in [1.807, 2.05) is 0 Å². The fraction of sp³-hybridized carbons (Fsp3) is 0.647. The van der Waals surface area contributed by atoms with Crippen molar-refractivity contribution in [3.8, 4) is 0 Å². The van der Waals surface area contributed by atoms with Gasteiger partial charge in [0, 0.05) is 25.3 Å². The lowest BCUT2D eigenvalue weighted by Gasteiger charge is -2.27. The van der Waals surface area contributed by atoms with Crippen LogP contribution in [0.3, 0.4) is 0 Å². The predicted octanol–water partition coefficient (Wildman–Crippen LogP) is 2.98. The summed E-state index contributed by atoms with van der Waals surface area (Å²) in [6.45, 7) is 10.6. The van der Waals surface area contributed by atoms with E-state index in [1.54, 1.807) is 0 Å². The molecule has 1 aromatic carbocycles. The van der Waals surface area contributed by atoms with Gasteiger partial charge in [0.15, 0.2) is 0 Å². The lowest BCUT2D eigenvalue weighted by molar-refractivity contribution is 0.0498. The van der Waals surface area contributed by atoms with Crippen LogP contribution in [0.5, 0.6) is 0 Å². The summed E-state index contributed by atoms with van der Waals surface area (Å²) < 4.78 is 6.14. The third kappa shape index (κ3) is 4.22. The number of ether oxygens (including phenoxy) is 1. The monoisotopic (exact) mass is 276 g/mol. The first-order valence-corrected chi connectivity index (χ1v) is 7.90. The van der Waals surface area contributed by atoms with Gasteiger partial charge in [-0.25, -0.2) is 0 Å². The molecule has 1 N–H and O–H groups in total.